The zero-order chi connectivity index (χ0) is 23.5. The monoisotopic (exact) mass is 458 g/mol. The molecule has 0 aliphatic rings. The van der Waals surface area contributed by atoms with E-state index < -0.39 is 6.04 Å². The van der Waals surface area contributed by atoms with Crippen molar-refractivity contribution >= 4 is 23.6 Å². The van der Waals surface area contributed by atoms with Crippen LogP contribution in [0.5, 0.6) is 11.5 Å². The molecule has 0 radical (unpaired) electrons. The molecule has 0 fully saturated rings. The maximum atomic E-state index is 13.2. The number of hydrogen-bond acceptors (Lipinski definition) is 5. The molecule has 0 saturated heterocycles. The fraction of sp³-hybridized carbons (Fsp3) is 0.440. The number of thioether (sulfide) groups is 1. The van der Waals surface area contributed by atoms with Crippen molar-refractivity contribution in [3.63, 3.8) is 0 Å². The third-order valence-corrected chi connectivity index (χ3v) is 5.98. The Hall–Kier alpha value is -2.67. The molecule has 2 rings (SSSR count). The molecule has 0 bridgehead atoms. The highest BCUT2D eigenvalue weighted by molar-refractivity contribution is 7.99. The number of nitrogens with one attached hydrogen (secondary N) is 1. The van der Waals surface area contributed by atoms with E-state index in [-0.39, 0.29) is 17.6 Å². The SMILES string of the molecule is COc1ccc(CSCC(=O)N(Cc2cccc(OC)c2)[C@H](C)C(=O)NCC(C)C)cc1. The molecule has 0 aromatic heterocycles. The minimum Gasteiger partial charge on any atom is -0.497 e. The summed E-state index contributed by atoms with van der Waals surface area (Å²) in [7, 11) is 3.25. The number of rotatable bonds is 12. The molecular weight excluding hydrogens is 424 g/mol. The molecule has 2 amide bonds. The van der Waals surface area contributed by atoms with Gasteiger partial charge in [-0.2, -0.15) is 0 Å². The van der Waals surface area contributed by atoms with Crippen LogP contribution >= 0.6 is 11.8 Å². The lowest BCUT2D eigenvalue weighted by molar-refractivity contribution is -0.138. The van der Waals surface area contributed by atoms with Crippen LogP contribution in [0.2, 0.25) is 0 Å². The predicted molar refractivity (Wildman–Crippen MR) is 130 cm³/mol. The van der Waals surface area contributed by atoms with Gasteiger partial charge in [0.25, 0.3) is 0 Å². The maximum absolute atomic E-state index is 13.2. The van der Waals surface area contributed by atoms with Crippen molar-refractivity contribution in [2.24, 2.45) is 5.92 Å². The highest BCUT2D eigenvalue weighted by Gasteiger charge is 2.26. The van der Waals surface area contributed by atoms with Crippen molar-refractivity contribution in [1.29, 1.82) is 0 Å². The Kier molecular flexibility index (Phi) is 10.4. The summed E-state index contributed by atoms with van der Waals surface area (Å²) in [5.41, 5.74) is 2.03. The molecule has 0 saturated carbocycles. The third kappa shape index (κ3) is 8.11. The van der Waals surface area contributed by atoms with Gasteiger partial charge in [0.15, 0.2) is 0 Å². The van der Waals surface area contributed by atoms with Gasteiger partial charge in [0.05, 0.1) is 20.0 Å². The fourth-order valence-corrected chi connectivity index (χ4v) is 3.93. The van der Waals surface area contributed by atoms with Gasteiger partial charge in [-0.3, -0.25) is 9.59 Å². The van der Waals surface area contributed by atoms with E-state index in [0.717, 1.165) is 22.6 Å². The number of carbonyl (C=O) groups is 2. The fourth-order valence-electron chi connectivity index (χ4n) is 3.06. The van der Waals surface area contributed by atoms with E-state index in [1.54, 1.807) is 26.0 Å². The molecule has 2 aromatic rings. The number of ether oxygens (including phenoxy) is 2. The molecule has 32 heavy (non-hydrogen) atoms. The number of carbonyl (C=O) groups excluding carboxylic acids is 2. The first kappa shape index (κ1) is 25.6. The van der Waals surface area contributed by atoms with Gasteiger partial charge in [0.2, 0.25) is 11.8 Å². The molecule has 7 heteroatoms. The summed E-state index contributed by atoms with van der Waals surface area (Å²) in [6.07, 6.45) is 0. The van der Waals surface area contributed by atoms with Crippen molar-refractivity contribution in [2.45, 2.75) is 39.1 Å². The van der Waals surface area contributed by atoms with Gasteiger partial charge in [-0.15, -0.1) is 11.8 Å². The van der Waals surface area contributed by atoms with Gasteiger partial charge in [0, 0.05) is 18.8 Å². The smallest absolute Gasteiger partial charge is 0.242 e. The Bertz CT molecular complexity index is 871. The average molecular weight is 459 g/mol. The van der Waals surface area contributed by atoms with Crippen molar-refractivity contribution in [3.05, 3.63) is 59.7 Å². The van der Waals surface area contributed by atoms with Gasteiger partial charge in [0.1, 0.15) is 17.5 Å². The summed E-state index contributed by atoms with van der Waals surface area (Å²) in [6, 6.07) is 14.8. The Morgan fingerprint density at radius 1 is 0.969 bits per heavy atom. The molecular formula is C25H34N2O4S. The minimum atomic E-state index is -0.575. The van der Waals surface area contributed by atoms with Crippen LogP contribution in [0.4, 0.5) is 0 Å². The summed E-state index contributed by atoms with van der Waals surface area (Å²) in [4.78, 5) is 27.5. The van der Waals surface area contributed by atoms with Crippen molar-refractivity contribution in [1.82, 2.24) is 10.2 Å². The van der Waals surface area contributed by atoms with Crippen molar-refractivity contribution in [2.75, 3.05) is 26.5 Å². The van der Waals surface area contributed by atoms with Gasteiger partial charge in [-0.25, -0.2) is 0 Å². The summed E-state index contributed by atoms with van der Waals surface area (Å²) in [5.74, 6) is 2.65. The van der Waals surface area contributed by atoms with Crippen molar-refractivity contribution < 1.29 is 19.1 Å². The second kappa shape index (κ2) is 13.0. The molecule has 0 heterocycles. The van der Waals surface area contributed by atoms with Crippen LogP contribution in [0.25, 0.3) is 0 Å². The zero-order valence-electron chi connectivity index (χ0n) is 19.6. The lowest BCUT2D eigenvalue weighted by Crippen LogP contribution is -2.48. The molecule has 0 spiro atoms. The quantitative estimate of drug-likeness (QED) is 0.518. The molecule has 1 N–H and O–H groups in total. The van der Waals surface area contributed by atoms with Gasteiger partial charge in [-0.1, -0.05) is 38.1 Å². The van der Waals surface area contributed by atoms with Gasteiger partial charge in [-0.05, 0) is 48.2 Å². The number of amides is 2. The highest BCUT2D eigenvalue weighted by Crippen LogP contribution is 2.20. The van der Waals surface area contributed by atoms with Gasteiger partial charge < -0.3 is 19.7 Å². The van der Waals surface area contributed by atoms with Crippen molar-refractivity contribution in [3.8, 4) is 11.5 Å². The molecule has 0 unspecified atom stereocenters. The predicted octanol–water partition coefficient (Wildman–Crippen LogP) is 4.13. The first-order valence-corrected chi connectivity index (χ1v) is 11.9. The first-order valence-electron chi connectivity index (χ1n) is 10.7. The second-order valence-corrected chi connectivity index (χ2v) is 9.01. The van der Waals surface area contributed by atoms with Crippen LogP contribution in [0.1, 0.15) is 31.9 Å². The maximum Gasteiger partial charge on any atom is 0.242 e. The Morgan fingerprint density at radius 2 is 1.66 bits per heavy atom. The summed E-state index contributed by atoms with van der Waals surface area (Å²) >= 11 is 1.53. The van der Waals surface area contributed by atoms with Crippen LogP contribution in [-0.4, -0.2) is 49.3 Å². The van der Waals surface area contributed by atoms with Crippen LogP contribution in [0.3, 0.4) is 0 Å². The largest absolute Gasteiger partial charge is 0.497 e. The van der Waals surface area contributed by atoms with E-state index in [1.807, 2.05) is 62.4 Å². The molecule has 0 aliphatic carbocycles. The standard InChI is InChI=1S/C25H34N2O4S/c1-18(2)14-26-25(29)19(3)27(15-21-7-6-8-23(13-21)31-5)24(28)17-32-16-20-9-11-22(30-4)12-10-20/h6-13,18-19H,14-17H2,1-5H3,(H,26,29)/t19-/m1/s1. The van der Waals surface area contributed by atoms with Crippen LogP contribution < -0.4 is 14.8 Å². The minimum absolute atomic E-state index is 0.0708. The van der Waals surface area contributed by atoms with E-state index in [9.17, 15) is 9.59 Å². The molecule has 0 aliphatic heterocycles. The first-order chi connectivity index (χ1) is 15.3. The zero-order valence-corrected chi connectivity index (χ0v) is 20.4. The average Bonchev–Trinajstić information content (AvgIpc) is 2.81. The van der Waals surface area contributed by atoms with E-state index in [2.05, 4.69) is 5.32 Å². The van der Waals surface area contributed by atoms with E-state index in [4.69, 9.17) is 9.47 Å². The normalized spacial score (nSPS) is 11.7. The molecule has 6 nitrogen and oxygen atoms in total. The number of nitrogens with zero attached hydrogens (tertiary/aromatic N) is 1. The van der Waals surface area contributed by atoms with Gasteiger partial charge >= 0.3 is 0 Å². The Labute approximate surface area is 195 Å². The highest BCUT2D eigenvalue weighted by atomic mass is 32.2. The van der Waals surface area contributed by atoms with E-state index >= 15 is 0 Å². The Morgan fingerprint density at radius 3 is 2.28 bits per heavy atom. The third-order valence-electron chi connectivity index (χ3n) is 4.99. The topological polar surface area (TPSA) is 67.9 Å². The van der Waals surface area contributed by atoms with E-state index in [1.165, 1.54) is 11.8 Å². The van der Waals surface area contributed by atoms with Crippen LogP contribution in [-0.2, 0) is 21.9 Å². The van der Waals surface area contributed by atoms with Crippen LogP contribution in [0, 0.1) is 5.92 Å². The second-order valence-electron chi connectivity index (χ2n) is 8.03. The molecule has 1 atom stereocenters. The van der Waals surface area contributed by atoms with E-state index in [0.29, 0.717) is 24.8 Å². The summed E-state index contributed by atoms with van der Waals surface area (Å²) in [6.45, 7) is 6.79. The lowest BCUT2D eigenvalue weighted by Gasteiger charge is -2.29. The number of methoxy groups -OCH3 is 2. The molecule has 174 valence electrons. The summed E-state index contributed by atoms with van der Waals surface area (Å²) in [5, 5.41) is 2.94. The Balaban J connectivity index is 2.06. The number of benzene rings is 2. The summed E-state index contributed by atoms with van der Waals surface area (Å²) < 4.78 is 10.5. The lowest BCUT2D eigenvalue weighted by atomic mass is 10.1. The number of hydrogen-bond donors (Lipinski definition) is 1. The molecule has 2 aromatic carbocycles. The van der Waals surface area contributed by atoms with Crippen LogP contribution in [0.15, 0.2) is 48.5 Å².